The predicted octanol–water partition coefficient (Wildman–Crippen LogP) is 3.35. The van der Waals surface area contributed by atoms with E-state index in [1.165, 1.54) is 0 Å². The van der Waals surface area contributed by atoms with Crippen molar-refractivity contribution >= 4 is 11.7 Å². The number of anilines is 1. The van der Waals surface area contributed by atoms with E-state index in [1.807, 2.05) is 36.9 Å². The van der Waals surface area contributed by atoms with Crippen molar-refractivity contribution in [3.63, 3.8) is 0 Å². The molecule has 0 spiro atoms. The van der Waals surface area contributed by atoms with E-state index in [1.54, 1.807) is 6.26 Å². The molecule has 0 radical (unpaired) electrons. The Morgan fingerprint density at radius 1 is 1.25 bits per heavy atom. The highest BCUT2D eigenvalue weighted by Gasteiger charge is 2.40. The van der Waals surface area contributed by atoms with Crippen LogP contribution in [0.25, 0.3) is 11.5 Å². The fraction of sp³-hybridized carbons (Fsp3) is 0.444. The monoisotopic (exact) mass is 327 g/mol. The Bertz CT molecular complexity index is 755. The van der Waals surface area contributed by atoms with Gasteiger partial charge in [0.2, 0.25) is 5.89 Å². The number of aromatic nitrogens is 1. The van der Waals surface area contributed by atoms with Gasteiger partial charge in [-0.25, -0.2) is 9.78 Å². The second-order valence-corrected chi connectivity index (χ2v) is 6.58. The van der Waals surface area contributed by atoms with Crippen LogP contribution in [-0.4, -0.2) is 41.2 Å². The number of benzene rings is 1. The van der Waals surface area contributed by atoms with Gasteiger partial charge in [-0.05, 0) is 44.4 Å². The van der Waals surface area contributed by atoms with Crippen LogP contribution in [0.3, 0.4) is 0 Å². The number of amides is 2. The first-order valence-corrected chi connectivity index (χ1v) is 8.32. The van der Waals surface area contributed by atoms with E-state index in [4.69, 9.17) is 9.15 Å². The summed E-state index contributed by atoms with van der Waals surface area (Å²) in [5, 5.41) is 3.02. The number of ether oxygens (including phenoxy) is 1. The van der Waals surface area contributed by atoms with Crippen LogP contribution in [0, 0.1) is 13.8 Å². The molecule has 6 nitrogen and oxygen atoms in total. The molecule has 2 bridgehead atoms. The third-order valence-corrected chi connectivity index (χ3v) is 4.81. The third-order valence-electron chi connectivity index (χ3n) is 4.81. The number of carbonyl (C=O) groups is 1. The van der Waals surface area contributed by atoms with Crippen LogP contribution in [0.2, 0.25) is 0 Å². The molecule has 4 rings (SSSR count). The van der Waals surface area contributed by atoms with Crippen molar-refractivity contribution in [2.24, 2.45) is 0 Å². The van der Waals surface area contributed by atoms with Gasteiger partial charge >= 0.3 is 6.03 Å². The highest BCUT2D eigenvalue weighted by atomic mass is 16.5. The lowest BCUT2D eigenvalue weighted by molar-refractivity contribution is 0.00949. The van der Waals surface area contributed by atoms with Gasteiger partial charge in [0, 0.05) is 11.3 Å². The van der Waals surface area contributed by atoms with Crippen LogP contribution >= 0.6 is 0 Å². The minimum Gasteiger partial charge on any atom is -0.444 e. The smallest absolute Gasteiger partial charge is 0.322 e. The van der Waals surface area contributed by atoms with Crippen molar-refractivity contribution in [1.82, 2.24) is 9.88 Å². The highest BCUT2D eigenvalue weighted by Crippen LogP contribution is 2.30. The number of fused-ring (bicyclic) bond motifs is 2. The number of carbonyl (C=O) groups excluding carboxylic acids is 1. The molecule has 2 unspecified atom stereocenters. The molecule has 2 saturated heterocycles. The largest absolute Gasteiger partial charge is 0.444 e. The Kier molecular flexibility index (Phi) is 3.76. The van der Waals surface area contributed by atoms with Crippen molar-refractivity contribution in [2.75, 3.05) is 18.5 Å². The molecule has 2 fully saturated rings. The maximum atomic E-state index is 12.7. The summed E-state index contributed by atoms with van der Waals surface area (Å²) >= 11 is 0. The van der Waals surface area contributed by atoms with Gasteiger partial charge in [0.25, 0.3) is 0 Å². The van der Waals surface area contributed by atoms with Crippen LogP contribution in [0.1, 0.15) is 24.1 Å². The molecule has 126 valence electrons. The summed E-state index contributed by atoms with van der Waals surface area (Å²) in [6, 6.07) is 6.14. The zero-order valence-electron chi connectivity index (χ0n) is 13.9. The maximum Gasteiger partial charge on any atom is 0.322 e. The lowest BCUT2D eigenvalue weighted by Crippen LogP contribution is -2.50. The number of nitrogens with zero attached hydrogens (tertiary/aromatic N) is 2. The molecule has 2 aliphatic heterocycles. The molecule has 3 heterocycles. The molecule has 2 atom stereocenters. The van der Waals surface area contributed by atoms with Crippen molar-refractivity contribution in [3.05, 3.63) is 35.7 Å². The fourth-order valence-corrected chi connectivity index (χ4v) is 3.56. The summed E-state index contributed by atoms with van der Waals surface area (Å²) in [6.07, 6.45) is 3.67. The van der Waals surface area contributed by atoms with Crippen LogP contribution in [-0.2, 0) is 4.74 Å². The van der Waals surface area contributed by atoms with E-state index in [9.17, 15) is 4.79 Å². The molecule has 24 heavy (non-hydrogen) atoms. The molecule has 2 aliphatic rings. The summed E-state index contributed by atoms with van der Waals surface area (Å²) in [5.41, 5.74) is 3.54. The number of morpholine rings is 1. The molecule has 6 heteroatoms. The third kappa shape index (κ3) is 2.67. The number of nitrogens with one attached hydrogen (secondary N) is 1. The lowest BCUT2D eigenvalue weighted by atomic mass is 10.1. The first-order valence-electron chi connectivity index (χ1n) is 8.32. The summed E-state index contributed by atoms with van der Waals surface area (Å²) < 4.78 is 11.0. The molecule has 2 aromatic rings. The zero-order valence-corrected chi connectivity index (χ0v) is 13.9. The van der Waals surface area contributed by atoms with Gasteiger partial charge < -0.3 is 19.4 Å². The fourth-order valence-electron chi connectivity index (χ4n) is 3.56. The quantitative estimate of drug-likeness (QED) is 0.918. The summed E-state index contributed by atoms with van der Waals surface area (Å²) in [6.45, 7) is 5.17. The average molecular weight is 327 g/mol. The van der Waals surface area contributed by atoms with Gasteiger partial charge in [-0.2, -0.15) is 0 Å². The first kappa shape index (κ1) is 15.2. The molecule has 1 aromatic carbocycles. The van der Waals surface area contributed by atoms with E-state index < -0.39 is 0 Å². The molecular formula is C18H21N3O3. The van der Waals surface area contributed by atoms with E-state index >= 15 is 0 Å². The molecule has 1 aromatic heterocycles. The van der Waals surface area contributed by atoms with Crippen LogP contribution in [0.15, 0.2) is 28.9 Å². The lowest BCUT2D eigenvalue weighted by Gasteiger charge is -2.34. The molecule has 2 amide bonds. The topological polar surface area (TPSA) is 67.6 Å². The Balaban J connectivity index is 1.56. The molecule has 1 N–H and O–H groups in total. The Morgan fingerprint density at radius 3 is 2.67 bits per heavy atom. The summed E-state index contributed by atoms with van der Waals surface area (Å²) in [7, 11) is 0. The summed E-state index contributed by atoms with van der Waals surface area (Å²) in [5.74, 6) is 0.576. The molecule has 0 aliphatic carbocycles. The van der Waals surface area contributed by atoms with Gasteiger partial charge in [-0.3, -0.25) is 0 Å². The highest BCUT2D eigenvalue weighted by molar-refractivity contribution is 5.91. The Hall–Kier alpha value is -2.34. The van der Waals surface area contributed by atoms with Crippen molar-refractivity contribution in [1.29, 1.82) is 0 Å². The van der Waals surface area contributed by atoms with Crippen LogP contribution in [0.4, 0.5) is 10.5 Å². The molecule has 0 saturated carbocycles. The van der Waals surface area contributed by atoms with Crippen LogP contribution in [0.5, 0.6) is 0 Å². The number of oxazole rings is 1. The minimum atomic E-state index is -0.0517. The number of hydrogen-bond donors (Lipinski definition) is 1. The standard InChI is InChI=1S/C18H21N3O3/c1-11-3-4-13(7-16(11)17-19-12(2)8-24-17)20-18(22)21-14-5-6-15(21)10-23-9-14/h3-4,7-8,14-15H,5-6,9-10H2,1-2H3,(H,20,22). The maximum absolute atomic E-state index is 12.7. The number of urea groups is 1. The van der Waals surface area contributed by atoms with Gasteiger partial charge in [0.1, 0.15) is 6.26 Å². The van der Waals surface area contributed by atoms with Gasteiger partial charge in [0.05, 0.1) is 31.0 Å². The van der Waals surface area contributed by atoms with Crippen LogP contribution < -0.4 is 5.32 Å². The van der Waals surface area contributed by atoms with E-state index in [0.717, 1.165) is 35.3 Å². The van der Waals surface area contributed by atoms with Gasteiger partial charge in [-0.15, -0.1) is 0 Å². The van der Waals surface area contributed by atoms with E-state index in [0.29, 0.717) is 19.1 Å². The molecular weight excluding hydrogens is 306 g/mol. The van der Waals surface area contributed by atoms with E-state index in [2.05, 4.69) is 10.3 Å². The second-order valence-electron chi connectivity index (χ2n) is 6.58. The second kappa shape index (κ2) is 5.94. The average Bonchev–Trinajstić information content (AvgIpc) is 3.10. The Morgan fingerprint density at radius 2 is 2.00 bits per heavy atom. The predicted molar refractivity (Wildman–Crippen MR) is 89.9 cm³/mol. The SMILES string of the molecule is Cc1coc(-c2cc(NC(=O)N3C4CCC3COC4)ccc2C)n1. The number of hydrogen-bond acceptors (Lipinski definition) is 4. The summed E-state index contributed by atoms with van der Waals surface area (Å²) in [4.78, 5) is 19.0. The number of aryl methyl sites for hydroxylation is 2. The first-order chi connectivity index (χ1) is 11.6. The number of rotatable bonds is 2. The normalized spacial score (nSPS) is 22.7. The van der Waals surface area contributed by atoms with Crippen molar-refractivity contribution in [3.8, 4) is 11.5 Å². The van der Waals surface area contributed by atoms with Gasteiger partial charge in [0.15, 0.2) is 0 Å². The Labute approximate surface area is 140 Å². The minimum absolute atomic E-state index is 0.0517. The van der Waals surface area contributed by atoms with Gasteiger partial charge in [-0.1, -0.05) is 6.07 Å². The van der Waals surface area contributed by atoms with Crippen molar-refractivity contribution < 1.29 is 13.9 Å². The van der Waals surface area contributed by atoms with E-state index in [-0.39, 0.29) is 18.1 Å². The zero-order chi connectivity index (χ0) is 16.7. The van der Waals surface area contributed by atoms with Crippen molar-refractivity contribution in [2.45, 2.75) is 38.8 Å².